The predicted molar refractivity (Wildman–Crippen MR) is 81.1 cm³/mol. The van der Waals surface area contributed by atoms with E-state index in [1.165, 1.54) is 18.5 Å². The molecular formula is C16H26N2O. The Morgan fingerprint density at radius 3 is 2.53 bits per heavy atom. The first-order chi connectivity index (χ1) is 9.29. The van der Waals surface area contributed by atoms with E-state index in [0.717, 1.165) is 38.5 Å². The molecule has 0 amide bonds. The van der Waals surface area contributed by atoms with E-state index >= 15 is 0 Å². The molecule has 0 radical (unpaired) electrons. The average molecular weight is 262 g/mol. The summed E-state index contributed by atoms with van der Waals surface area (Å²) in [7, 11) is 0. The summed E-state index contributed by atoms with van der Waals surface area (Å²) in [6.45, 7) is 9.62. The van der Waals surface area contributed by atoms with Crippen LogP contribution in [0.2, 0.25) is 0 Å². The molecule has 0 saturated carbocycles. The van der Waals surface area contributed by atoms with Crippen LogP contribution in [0.15, 0.2) is 24.3 Å². The number of piperazine rings is 1. The summed E-state index contributed by atoms with van der Waals surface area (Å²) in [6, 6.07) is 8.53. The van der Waals surface area contributed by atoms with Crippen molar-refractivity contribution in [3.63, 3.8) is 0 Å². The van der Waals surface area contributed by atoms with E-state index in [1.54, 1.807) is 0 Å². The van der Waals surface area contributed by atoms with Crippen LogP contribution in [0.4, 0.5) is 5.69 Å². The van der Waals surface area contributed by atoms with Gasteiger partial charge in [-0.2, -0.15) is 0 Å². The van der Waals surface area contributed by atoms with Crippen molar-refractivity contribution in [3.05, 3.63) is 24.3 Å². The Morgan fingerprint density at radius 1 is 1.21 bits per heavy atom. The van der Waals surface area contributed by atoms with Crippen molar-refractivity contribution < 1.29 is 4.74 Å². The van der Waals surface area contributed by atoms with Crippen LogP contribution < -0.4 is 15.0 Å². The van der Waals surface area contributed by atoms with E-state index in [4.69, 9.17) is 4.74 Å². The fraction of sp³-hybridized carbons (Fsp3) is 0.625. The SMILES string of the molecule is CCCC(C)COc1ccc(N2CCNCC2)cc1. The van der Waals surface area contributed by atoms with Crippen molar-refractivity contribution in [2.45, 2.75) is 26.7 Å². The number of hydrogen-bond donors (Lipinski definition) is 1. The summed E-state index contributed by atoms with van der Waals surface area (Å²) in [6.07, 6.45) is 2.46. The zero-order valence-electron chi connectivity index (χ0n) is 12.2. The number of anilines is 1. The highest BCUT2D eigenvalue weighted by Crippen LogP contribution is 2.20. The van der Waals surface area contributed by atoms with Gasteiger partial charge < -0.3 is 15.0 Å². The van der Waals surface area contributed by atoms with Crippen LogP contribution in [-0.4, -0.2) is 32.8 Å². The lowest BCUT2D eigenvalue weighted by molar-refractivity contribution is 0.251. The van der Waals surface area contributed by atoms with E-state index in [-0.39, 0.29) is 0 Å². The molecule has 19 heavy (non-hydrogen) atoms. The highest BCUT2D eigenvalue weighted by molar-refractivity contribution is 5.49. The first-order valence-corrected chi connectivity index (χ1v) is 7.48. The van der Waals surface area contributed by atoms with Crippen LogP contribution in [0.3, 0.4) is 0 Å². The minimum absolute atomic E-state index is 0.637. The molecule has 1 aliphatic heterocycles. The molecule has 2 rings (SSSR count). The number of ether oxygens (including phenoxy) is 1. The van der Waals surface area contributed by atoms with E-state index in [2.05, 4.69) is 48.3 Å². The summed E-state index contributed by atoms with van der Waals surface area (Å²) in [5.41, 5.74) is 1.30. The van der Waals surface area contributed by atoms with Crippen molar-refractivity contribution >= 4 is 5.69 Å². The van der Waals surface area contributed by atoms with Gasteiger partial charge in [-0.1, -0.05) is 20.3 Å². The molecule has 1 atom stereocenters. The molecule has 0 aliphatic carbocycles. The smallest absolute Gasteiger partial charge is 0.119 e. The molecule has 1 aromatic rings. The Kier molecular flexibility index (Phi) is 5.52. The molecule has 1 N–H and O–H groups in total. The van der Waals surface area contributed by atoms with Gasteiger partial charge in [0.05, 0.1) is 6.61 Å². The molecular weight excluding hydrogens is 236 g/mol. The second-order valence-electron chi connectivity index (χ2n) is 5.44. The minimum Gasteiger partial charge on any atom is -0.493 e. The molecule has 1 saturated heterocycles. The first kappa shape index (κ1) is 14.2. The third-order valence-electron chi connectivity index (χ3n) is 3.63. The largest absolute Gasteiger partial charge is 0.493 e. The maximum absolute atomic E-state index is 5.83. The lowest BCUT2D eigenvalue weighted by atomic mass is 10.1. The van der Waals surface area contributed by atoms with Crippen LogP contribution in [0.1, 0.15) is 26.7 Å². The normalized spacial score (nSPS) is 17.3. The van der Waals surface area contributed by atoms with E-state index < -0.39 is 0 Å². The molecule has 0 spiro atoms. The van der Waals surface area contributed by atoms with Gasteiger partial charge in [-0.15, -0.1) is 0 Å². The molecule has 106 valence electrons. The number of benzene rings is 1. The van der Waals surface area contributed by atoms with Crippen molar-refractivity contribution in [2.24, 2.45) is 5.92 Å². The molecule has 1 aliphatic rings. The topological polar surface area (TPSA) is 24.5 Å². The van der Waals surface area contributed by atoms with Crippen molar-refractivity contribution in [1.29, 1.82) is 0 Å². The number of hydrogen-bond acceptors (Lipinski definition) is 3. The lowest BCUT2D eigenvalue weighted by Gasteiger charge is -2.29. The molecule has 1 unspecified atom stereocenters. The third kappa shape index (κ3) is 4.43. The molecule has 3 heteroatoms. The van der Waals surface area contributed by atoms with E-state index in [0.29, 0.717) is 5.92 Å². The van der Waals surface area contributed by atoms with Gasteiger partial charge in [0.25, 0.3) is 0 Å². The molecule has 1 aromatic carbocycles. The van der Waals surface area contributed by atoms with Crippen LogP contribution in [0.5, 0.6) is 5.75 Å². The predicted octanol–water partition coefficient (Wildman–Crippen LogP) is 2.91. The van der Waals surface area contributed by atoms with Gasteiger partial charge in [0.1, 0.15) is 5.75 Å². The van der Waals surface area contributed by atoms with Gasteiger partial charge >= 0.3 is 0 Å². The Morgan fingerprint density at radius 2 is 1.89 bits per heavy atom. The number of nitrogens with zero attached hydrogens (tertiary/aromatic N) is 1. The van der Waals surface area contributed by atoms with Gasteiger partial charge in [0.2, 0.25) is 0 Å². The molecule has 0 aromatic heterocycles. The maximum Gasteiger partial charge on any atom is 0.119 e. The maximum atomic E-state index is 5.83. The molecule has 1 fully saturated rings. The molecule has 0 bridgehead atoms. The zero-order valence-corrected chi connectivity index (χ0v) is 12.2. The Labute approximate surface area is 116 Å². The second-order valence-corrected chi connectivity index (χ2v) is 5.44. The van der Waals surface area contributed by atoms with Crippen LogP contribution in [0, 0.1) is 5.92 Å². The average Bonchev–Trinajstić information content (AvgIpc) is 2.47. The number of rotatable bonds is 6. The highest BCUT2D eigenvalue weighted by atomic mass is 16.5. The molecule has 3 nitrogen and oxygen atoms in total. The van der Waals surface area contributed by atoms with Crippen LogP contribution in [-0.2, 0) is 0 Å². The molecule has 1 heterocycles. The van der Waals surface area contributed by atoms with Crippen molar-refractivity contribution in [1.82, 2.24) is 5.32 Å². The minimum atomic E-state index is 0.637. The monoisotopic (exact) mass is 262 g/mol. The van der Waals surface area contributed by atoms with Crippen molar-refractivity contribution in [2.75, 3.05) is 37.7 Å². The summed E-state index contributed by atoms with van der Waals surface area (Å²) in [5, 5.41) is 3.37. The Bertz CT molecular complexity index is 358. The summed E-state index contributed by atoms with van der Waals surface area (Å²) in [4.78, 5) is 2.42. The summed E-state index contributed by atoms with van der Waals surface area (Å²) >= 11 is 0. The van der Waals surface area contributed by atoms with Crippen molar-refractivity contribution in [3.8, 4) is 5.75 Å². The summed E-state index contributed by atoms with van der Waals surface area (Å²) < 4.78 is 5.83. The quantitative estimate of drug-likeness (QED) is 0.853. The highest BCUT2D eigenvalue weighted by Gasteiger charge is 2.10. The fourth-order valence-corrected chi connectivity index (χ4v) is 2.49. The van der Waals surface area contributed by atoms with E-state index in [9.17, 15) is 0 Å². The van der Waals surface area contributed by atoms with Gasteiger partial charge in [-0.3, -0.25) is 0 Å². The van der Waals surface area contributed by atoms with Crippen LogP contribution >= 0.6 is 0 Å². The first-order valence-electron chi connectivity index (χ1n) is 7.48. The van der Waals surface area contributed by atoms with Gasteiger partial charge in [0.15, 0.2) is 0 Å². The van der Waals surface area contributed by atoms with E-state index in [1.807, 2.05) is 0 Å². The fourth-order valence-electron chi connectivity index (χ4n) is 2.49. The van der Waals surface area contributed by atoms with Gasteiger partial charge in [0, 0.05) is 31.9 Å². The van der Waals surface area contributed by atoms with Gasteiger partial charge in [-0.05, 0) is 36.6 Å². The second kappa shape index (κ2) is 7.39. The number of nitrogens with one attached hydrogen (secondary N) is 1. The van der Waals surface area contributed by atoms with Gasteiger partial charge in [-0.25, -0.2) is 0 Å². The Balaban J connectivity index is 1.83. The summed E-state index contributed by atoms with van der Waals surface area (Å²) in [5.74, 6) is 1.62. The lowest BCUT2D eigenvalue weighted by Crippen LogP contribution is -2.43. The Hall–Kier alpha value is -1.22. The zero-order chi connectivity index (χ0) is 13.5. The third-order valence-corrected chi connectivity index (χ3v) is 3.63. The standard InChI is InChI=1S/C16H26N2O/c1-3-4-14(2)13-19-16-7-5-15(6-8-16)18-11-9-17-10-12-18/h5-8,14,17H,3-4,9-13H2,1-2H3. The van der Waals surface area contributed by atoms with Crippen LogP contribution in [0.25, 0.3) is 0 Å².